The fourth-order valence-corrected chi connectivity index (χ4v) is 2.67. The van der Waals surface area contributed by atoms with Gasteiger partial charge in [-0.1, -0.05) is 36.5 Å². The van der Waals surface area contributed by atoms with E-state index in [2.05, 4.69) is 20.6 Å². The van der Waals surface area contributed by atoms with Crippen molar-refractivity contribution in [3.63, 3.8) is 0 Å². The normalized spacial score (nSPS) is 10.5. The third kappa shape index (κ3) is 3.21. The van der Waals surface area contributed by atoms with E-state index in [1.807, 2.05) is 37.3 Å². The second-order valence-corrected chi connectivity index (χ2v) is 5.69. The first kappa shape index (κ1) is 15.2. The number of rotatable bonds is 5. The van der Waals surface area contributed by atoms with Crippen molar-refractivity contribution < 1.29 is 9.53 Å². The molecular formula is C15H15N5O2S. The summed E-state index contributed by atoms with van der Waals surface area (Å²) in [6.07, 6.45) is 0.781. The van der Waals surface area contributed by atoms with Crippen LogP contribution in [0.15, 0.2) is 36.4 Å². The molecule has 0 saturated carbocycles. The van der Waals surface area contributed by atoms with Crippen LogP contribution in [0, 0.1) is 0 Å². The third-order valence-corrected chi connectivity index (χ3v) is 4.10. The Balaban J connectivity index is 1.92. The van der Waals surface area contributed by atoms with Crippen molar-refractivity contribution in [1.82, 2.24) is 20.0 Å². The third-order valence-electron chi connectivity index (χ3n) is 3.12. The molecule has 1 amide bonds. The molecule has 2 aromatic heterocycles. The van der Waals surface area contributed by atoms with Crippen molar-refractivity contribution in [3.8, 4) is 11.6 Å². The monoisotopic (exact) mass is 329 g/mol. The van der Waals surface area contributed by atoms with E-state index in [1.165, 1.54) is 23.1 Å². The van der Waals surface area contributed by atoms with E-state index >= 15 is 0 Å². The van der Waals surface area contributed by atoms with Gasteiger partial charge in [-0.3, -0.25) is 10.1 Å². The van der Waals surface area contributed by atoms with E-state index < -0.39 is 0 Å². The largest absolute Gasteiger partial charge is 0.480 e. The molecule has 0 fully saturated rings. The number of carbonyl (C=O) groups excluding carboxylic acids is 1. The van der Waals surface area contributed by atoms with Gasteiger partial charge in [0, 0.05) is 6.07 Å². The number of hydrogen-bond acceptors (Lipinski definition) is 6. The van der Waals surface area contributed by atoms with Gasteiger partial charge in [0.2, 0.25) is 11.0 Å². The highest BCUT2D eigenvalue weighted by Crippen LogP contribution is 2.20. The van der Waals surface area contributed by atoms with Gasteiger partial charge in [0.25, 0.3) is 5.91 Å². The molecule has 0 radical (unpaired) electrons. The number of benzene rings is 1. The molecule has 0 atom stereocenters. The van der Waals surface area contributed by atoms with Crippen LogP contribution in [0.4, 0.5) is 5.13 Å². The van der Waals surface area contributed by atoms with Crippen LogP contribution in [0.5, 0.6) is 5.88 Å². The summed E-state index contributed by atoms with van der Waals surface area (Å²) in [4.78, 5) is 12.5. The van der Waals surface area contributed by atoms with E-state index in [4.69, 9.17) is 4.74 Å². The van der Waals surface area contributed by atoms with E-state index in [9.17, 15) is 4.79 Å². The average Bonchev–Trinajstić information content (AvgIpc) is 3.22. The maximum Gasteiger partial charge on any atom is 0.276 e. The molecular weight excluding hydrogens is 314 g/mol. The van der Waals surface area contributed by atoms with Gasteiger partial charge >= 0.3 is 0 Å². The molecule has 7 nitrogen and oxygen atoms in total. The summed E-state index contributed by atoms with van der Waals surface area (Å²) in [5.41, 5.74) is 1.13. The second-order valence-electron chi connectivity index (χ2n) is 4.63. The fourth-order valence-electron chi connectivity index (χ4n) is 2.00. The molecule has 0 aliphatic carbocycles. The van der Waals surface area contributed by atoms with Crippen LogP contribution in [0.1, 0.15) is 22.4 Å². The molecule has 0 unspecified atom stereocenters. The van der Waals surface area contributed by atoms with Crippen molar-refractivity contribution in [3.05, 3.63) is 47.1 Å². The number of carbonyl (C=O) groups is 1. The molecule has 3 aromatic rings. The highest BCUT2D eigenvalue weighted by atomic mass is 32.1. The number of nitrogens with zero attached hydrogens (tertiary/aromatic N) is 4. The zero-order valence-corrected chi connectivity index (χ0v) is 13.5. The number of nitrogens with one attached hydrogen (secondary N) is 1. The number of ether oxygens (including phenoxy) is 1. The van der Waals surface area contributed by atoms with Crippen LogP contribution in [0.25, 0.3) is 5.69 Å². The summed E-state index contributed by atoms with van der Waals surface area (Å²) < 4.78 is 6.68. The molecule has 118 valence electrons. The Morgan fingerprint density at radius 1 is 1.30 bits per heavy atom. The van der Waals surface area contributed by atoms with Crippen molar-refractivity contribution in [2.75, 3.05) is 12.4 Å². The lowest BCUT2D eigenvalue weighted by atomic mass is 10.3. The number of hydrogen-bond donors (Lipinski definition) is 1. The summed E-state index contributed by atoms with van der Waals surface area (Å²) in [6.45, 7) is 1.99. The molecule has 0 aliphatic rings. The zero-order valence-electron chi connectivity index (χ0n) is 12.7. The molecule has 0 aliphatic heterocycles. The average molecular weight is 329 g/mol. The minimum absolute atomic E-state index is 0.316. The van der Waals surface area contributed by atoms with E-state index in [-0.39, 0.29) is 5.91 Å². The van der Waals surface area contributed by atoms with E-state index in [0.29, 0.717) is 16.7 Å². The zero-order chi connectivity index (χ0) is 16.2. The topological polar surface area (TPSA) is 81.9 Å². The molecule has 23 heavy (non-hydrogen) atoms. The standard InChI is InChI=1S/C15H15N5O2S/c1-3-13-17-18-15(23-13)16-14(21)11-9-12(22-2)19-20(11)10-7-5-4-6-8-10/h4-9H,3H2,1-2H3,(H,16,18,21). The molecule has 8 heteroatoms. The van der Waals surface area contributed by atoms with E-state index in [0.717, 1.165) is 17.1 Å². The minimum Gasteiger partial charge on any atom is -0.480 e. The van der Waals surface area contributed by atoms with Gasteiger partial charge in [0.1, 0.15) is 10.7 Å². The summed E-state index contributed by atoms with van der Waals surface area (Å²) in [7, 11) is 1.51. The van der Waals surface area contributed by atoms with Gasteiger partial charge in [-0.25, -0.2) is 4.68 Å². The second kappa shape index (κ2) is 6.57. The lowest BCUT2D eigenvalue weighted by Crippen LogP contribution is -2.16. The van der Waals surface area contributed by atoms with Gasteiger partial charge in [-0.05, 0) is 18.6 Å². The first-order valence-electron chi connectivity index (χ1n) is 7.04. The van der Waals surface area contributed by atoms with Crippen molar-refractivity contribution in [2.45, 2.75) is 13.3 Å². The van der Waals surface area contributed by atoms with Crippen LogP contribution in [-0.2, 0) is 6.42 Å². The van der Waals surface area contributed by atoms with Gasteiger partial charge in [-0.15, -0.1) is 15.3 Å². The number of para-hydroxylation sites is 1. The van der Waals surface area contributed by atoms with Gasteiger partial charge < -0.3 is 4.74 Å². The van der Waals surface area contributed by atoms with Gasteiger partial charge in [0.05, 0.1) is 12.8 Å². The SMILES string of the molecule is CCc1nnc(NC(=O)c2cc(OC)nn2-c2ccccc2)s1. The van der Waals surface area contributed by atoms with Crippen molar-refractivity contribution in [2.24, 2.45) is 0 Å². The van der Waals surface area contributed by atoms with Crippen LogP contribution < -0.4 is 10.1 Å². The van der Waals surface area contributed by atoms with E-state index in [1.54, 1.807) is 6.07 Å². The quantitative estimate of drug-likeness (QED) is 0.778. The highest BCUT2D eigenvalue weighted by Gasteiger charge is 2.18. The summed E-state index contributed by atoms with van der Waals surface area (Å²) in [5, 5.41) is 16.3. The van der Waals surface area contributed by atoms with Crippen LogP contribution in [-0.4, -0.2) is 33.0 Å². The van der Waals surface area contributed by atoms with Crippen LogP contribution in [0.3, 0.4) is 0 Å². The van der Waals surface area contributed by atoms with Crippen LogP contribution in [0.2, 0.25) is 0 Å². The first-order chi connectivity index (χ1) is 11.2. The molecule has 1 N–H and O–H groups in total. The molecule has 0 saturated heterocycles. The predicted molar refractivity (Wildman–Crippen MR) is 87.4 cm³/mol. The predicted octanol–water partition coefficient (Wildman–Crippen LogP) is 2.55. The summed E-state index contributed by atoms with van der Waals surface area (Å²) in [5.74, 6) is 0.0500. The van der Waals surface area contributed by atoms with Gasteiger partial charge in [-0.2, -0.15) is 0 Å². The number of aromatic nitrogens is 4. The van der Waals surface area contributed by atoms with Gasteiger partial charge in [0.15, 0.2) is 0 Å². The maximum absolute atomic E-state index is 12.5. The number of amides is 1. The lowest BCUT2D eigenvalue weighted by molar-refractivity contribution is 0.101. The number of anilines is 1. The Hall–Kier alpha value is -2.74. The number of methoxy groups -OCH3 is 1. The summed E-state index contributed by atoms with van der Waals surface area (Å²) >= 11 is 1.36. The summed E-state index contributed by atoms with van der Waals surface area (Å²) in [6, 6.07) is 11.0. The lowest BCUT2D eigenvalue weighted by Gasteiger charge is -2.06. The number of aryl methyl sites for hydroxylation is 1. The molecule has 0 bridgehead atoms. The molecule has 2 heterocycles. The van der Waals surface area contributed by atoms with Crippen molar-refractivity contribution >= 4 is 22.4 Å². The molecule has 3 rings (SSSR count). The Morgan fingerprint density at radius 3 is 2.74 bits per heavy atom. The first-order valence-corrected chi connectivity index (χ1v) is 7.86. The minimum atomic E-state index is -0.316. The Labute approximate surface area is 136 Å². The highest BCUT2D eigenvalue weighted by molar-refractivity contribution is 7.15. The fraction of sp³-hybridized carbons (Fsp3) is 0.200. The smallest absolute Gasteiger partial charge is 0.276 e. The Kier molecular flexibility index (Phi) is 4.33. The maximum atomic E-state index is 12.5. The molecule has 0 spiro atoms. The van der Waals surface area contributed by atoms with Crippen LogP contribution >= 0.6 is 11.3 Å². The molecule has 1 aromatic carbocycles. The Bertz CT molecular complexity index is 812. The Morgan fingerprint density at radius 2 is 2.09 bits per heavy atom. The van der Waals surface area contributed by atoms with Crippen molar-refractivity contribution in [1.29, 1.82) is 0 Å².